The Hall–Kier alpha value is -2.35. The molecule has 6 atom stereocenters. The van der Waals surface area contributed by atoms with Crippen LogP contribution in [0.3, 0.4) is 0 Å². The number of benzene rings is 1. The highest BCUT2D eigenvalue weighted by Gasteiger charge is 2.67. The molecule has 29 heavy (non-hydrogen) atoms. The second-order valence-electron chi connectivity index (χ2n) is 8.11. The van der Waals surface area contributed by atoms with E-state index < -0.39 is 42.4 Å². The van der Waals surface area contributed by atoms with Crippen molar-refractivity contribution in [2.75, 3.05) is 11.6 Å². The summed E-state index contributed by atoms with van der Waals surface area (Å²) in [5.74, 6) is -3.55. The summed E-state index contributed by atoms with van der Waals surface area (Å²) in [4.78, 5) is 39.4. The van der Waals surface area contributed by atoms with Crippen LogP contribution in [-0.4, -0.2) is 35.5 Å². The minimum atomic E-state index is -5.16. The van der Waals surface area contributed by atoms with Crippen LogP contribution in [0, 0.1) is 35.5 Å². The molecule has 6 rings (SSSR count). The topological polar surface area (TPSA) is 57.7 Å². The van der Waals surface area contributed by atoms with E-state index in [-0.39, 0.29) is 22.5 Å². The summed E-state index contributed by atoms with van der Waals surface area (Å²) < 4.78 is 39.7. The molecule has 0 unspecified atom stereocenters. The molecule has 1 saturated heterocycles. The molecular formula is C20H16ClF3N2O3. The van der Waals surface area contributed by atoms with E-state index in [2.05, 4.69) is 0 Å². The first-order valence-corrected chi connectivity index (χ1v) is 9.74. The zero-order valence-electron chi connectivity index (χ0n) is 15.0. The summed E-state index contributed by atoms with van der Waals surface area (Å²) >= 11 is 5.87. The quantitative estimate of drug-likeness (QED) is 0.553. The second kappa shape index (κ2) is 6.08. The molecule has 1 heterocycles. The number of rotatable bonds is 3. The van der Waals surface area contributed by atoms with Crippen molar-refractivity contribution in [1.82, 2.24) is 4.90 Å². The van der Waals surface area contributed by atoms with Crippen molar-refractivity contribution in [2.45, 2.75) is 12.6 Å². The van der Waals surface area contributed by atoms with E-state index in [0.29, 0.717) is 16.7 Å². The third kappa shape index (κ3) is 2.72. The van der Waals surface area contributed by atoms with Crippen LogP contribution in [0.4, 0.5) is 18.9 Å². The van der Waals surface area contributed by atoms with Gasteiger partial charge in [-0.25, -0.2) is 0 Å². The molecule has 1 aromatic carbocycles. The standard InChI is InChI=1S/C20H16ClF3N2O3/c21-9-2-1-3-10(6-9)25(19(29)20(22,23)24)8-26-17(27)15-11-4-5-12(14-7-13(11)14)16(15)18(26)28/h1-6,11-16H,7-8H2/t11-,12-,13-,14+,15+,16-/m1/s1. The Balaban J connectivity index is 1.47. The molecule has 1 aliphatic heterocycles. The molecular weight excluding hydrogens is 409 g/mol. The Kier molecular flexibility index (Phi) is 3.91. The van der Waals surface area contributed by atoms with Crippen LogP contribution in [0.25, 0.3) is 0 Å². The zero-order valence-corrected chi connectivity index (χ0v) is 15.7. The van der Waals surface area contributed by atoms with Gasteiger partial charge in [0.05, 0.1) is 11.8 Å². The number of hydrogen-bond donors (Lipinski definition) is 0. The molecule has 1 aromatic rings. The molecule has 0 aromatic heterocycles. The molecule has 4 aliphatic carbocycles. The van der Waals surface area contributed by atoms with Crippen LogP contribution < -0.4 is 4.90 Å². The number of allylic oxidation sites excluding steroid dienone is 2. The third-order valence-electron chi connectivity index (χ3n) is 6.64. The lowest BCUT2D eigenvalue weighted by molar-refractivity contribution is -0.171. The molecule has 2 saturated carbocycles. The number of nitrogens with zero attached hydrogens (tertiary/aromatic N) is 2. The number of anilines is 1. The normalized spacial score (nSPS) is 34.3. The first-order chi connectivity index (χ1) is 13.7. The van der Waals surface area contributed by atoms with Gasteiger partial charge in [-0.2, -0.15) is 13.2 Å². The average molecular weight is 425 g/mol. The van der Waals surface area contributed by atoms with Crippen LogP contribution in [0.1, 0.15) is 6.42 Å². The van der Waals surface area contributed by atoms with Crippen LogP contribution in [-0.2, 0) is 14.4 Å². The van der Waals surface area contributed by atoms with Gasteiger partial charge in [0, 0.05) is 10.7 Å². The van der Waals surface area contributed by atoms with Crippen LogP contribution >= 0.6 is 11.6 Å². The van der Waals surface area contributed by atoms with Crippen molar-refractivity contribution in [3.8, 4) is 0 Å². The fourth-order valence-corrected chi connectivity index (χ4v) is 5.54. The predicted molar refractivity (Wildman–Crippen MR) is 96.4 cm³/mol. The maximum atomic E-state index is 13.2. The van der Waals surface area contributed by atoms with Gasteiger partial charge in [-0.15, -0.1) is 0 Å². The molecule has 0 N–H and O–H groups in total. The Labute approximate surface area is 169 Å². The highest BCUT2D eigenvalue weighted by atomic mass is 35.5. The summed E-state index contributed by atoms with van der Waals surface area (Å²) in [6.45, 7) is -0.780. The number of imide groups is 1. The van der Waals surface area contributed by atoms with Gasteiger partial charge in [-0.3, -0.25) is 24.2 Å². The fourth-order valence-electron chi connectivity index (χ4n) is 5.36. The van der Waals surface area contributed by atoms with Crippen LogP contribution in [0.2, 0.25) is 5.02 Å². The van der Waals surface area contributed by atoms with Crippen molar-refractivity contribution in [3.63, 3.8) is 0 Å². The van der Waals surface area contributed by atoms with Crippen molar-refractivity contribution >= 4 is 35.0 Å². The highest BCUT2D eigenvalue weighted by Crippen LogP contribution is 2.65. The average Bonchev–Trinajstić information content (AvgIpc) is 3.44. The Morgan fingerprint density at radius 2 is 1.69 bits per heavy atom. The van der Waals surface area contributed by atoms with E-state index in [0.717, 1.165) is 11.3 Å². The first-order valence-electron chi connectivity index (χ1n) is 9.36. The van der Waals surface area contributed by atoms with Crippen LogP contribution in [0.5, 0.6) is 0 Å². The summed E-state index contributed by atoms with van der Waals surface area (Å²) in [6, 6.07) is 5.34. The SMILES string of the molecule is O=C1[C@@H]2[C@@H]3C=C[C@H]([C@H]4C[C@@H]34)[C@@H]2C(=O)N1CN(C(=O)C(F)(F)F)c1cccc(Cl)c1. The summed E-state index contributed by atoms with van der Waals surface area (Å²) in [7, 11) is 0. The van der Waals surface area contributed by atoms with Gasteiger partial charge < -0.3 is 0 Å². The Morgan fingerprint density at radius 1 is 1.10 bits per heavy atom. The van der Waals surface area contributed by atoms with Gasteiger partial charge in [0.2, 0.25) is 11.8 Å². The fraction of sp³-hybridized carbons (Fsp3) is 0.450. The maximum absolute atomic E-state index is 13.2. The highest BCUT2D eigenvalue weighted by molar-refractivity contribution is 6.31. The van der Waals surface area contributed by atoms with E-state index in [4.69, 9.17) is 11.6 Å². The smallest absolute Gasteiger partial charge is 0.286 e. The maximum Gasteiger partial charge on any atom is 0.471 e. The molecule has 0 radical (unpaired) electrons. The molecule has 3 fully saturated rings. The minimum Gasteiger partial charge on any atom is -0.286 e. The summed E-state index contributed by atoms with van der Waals surface area (Å²) in [5.41, 5.74) is -0.126. The third-order valence-corrected chi connectivity index (χ3v) is 6.88. The largest absolute Gasteiger partial charge is 0.471 e. The number of halogens is 4. The number of carbonyl (C=O) groups is 3. The van der Waals surface area contributed by atoms with Gasteiger partial charge in [-0.05, 0) is 48.3 Å². The number of hydrogen-bond acceptors (Lipinski definition) is 3. The first kappa shape index (κ1) is 18.7. The Bertz CT molecular complexity index is 927. The molecule has 2 bridgehead atoms. The van der Waals surface area contributed by atoms with Gasteiger partial charge in [-0.1, -0.05) is 29.8 Å². The van der Waals surface area contributed by atoms with Gasteiger partial charge in [0.25, 0.3) is 0 Å². The number of likely N-dealkylation sites (tertiary alicyclic amines) is 1. The molecule has 9 heteroatoms. The lowest BCUT2D eigenvalue weighted by atomic mass is 9.63. The van der Waals surface area contributed by atoms with Gasteiger partial charge in [0.15, 0.2) is 0 Å². The number of amides is 3. The van der Waals surface area contributed by atoms with E-state index >= 15 is 0 Å². The predicted octanol–water partition coefficient (Wildman–Crippen LogP) is 3.25. The monoisotopic (exact) mass is 424 g/mol. The molecule has 0 spiro atoms. The van der Waals surface area contributed by atoms with Crippen molar-refractivity contribution in [2.24, 2.45) is 35.5 Å². The number of carbonyl (C=O) groups excluding carboxylic acids is 3. The molecule has 3 amide bonds. The van der Waals surface area contributed by atoms with E-state index in [1.807, 2.05) is 12.2 Å². The van der Waals surface area contributed by atoms with Crippen LogP contribution in [0.15, 0.2) is 36.4 Å². The van der Waals surface area contributed by atoms with Gasteiger partial charge in [0.1, 0.15) is 6.67 Å². The Morgan fingerprint density at radius 3 is 2.21 bits per heavy atom. The van der Waals surface area contributed by atoms with E-state index in [1.165, 1.54) is 24.3 Å². The molecule has 5 aliphatic rings. The van der Waals surface area contributed by atoms with Crippen molar-refractivity contribution in [3.05, 3.63) is 41.4 Å². The second-order valence-corrected chi connectivity index (χ2v) is 8.55. The van der Waals surface area contributed by atoms with E-state index in [1.54, 1.807) is 0 Å². The lowest BCUT2D eigenvalue weighted by Gasteiger charge is -2.37. The summed E-state index contributed by atoms with van der Waals surface area (Å²) in [6.07, 6.45) is -0.227. The lowest BCUT2D eigenvalue weighted by Crippen LogP contribution is -2.49. The molecule has 152 valence electrons. The zero-order chi connectivity index (χ0) is 20.7. The van der Waals surface area contributed by atoms with E-state index in [9.17, 15) is 27.6 Å². The van der Waals surface area contributed by atoms with Crippen molar-refractivity contribution < 1.29 is 27.6 Å². The minimum absolute atomic E-state index is 0.0469. The van der Waals surface area contributed by atoms with Gasteiger partial charge >= 0.3 is 12.1 Å². The summed E-state index contributed by atoms with van der Waals surface area (Å²) in [5, 5.41) is 0.137. The van der Waals surface area contributed by atoms with Crippen molar-refractivity contribution in [1.29, 1.82) is 0 Å². The molecule has 5 nitrogen and oxygen atoms in total. The number of alkyl halides is 3.